The molecule has 57 heavy (non-hydrogen) atoms. The van der Waals surface area contributed by atoms with E-state index in [-0.39, 0.29) is 41.7 Å². The van der Waals surface area contributed by atoms with Gasteiger partial charge in [0.25, 0.3) is 5.56 Å². The van der Waals surface area contributed by atoms with Crippen LogP contribution in [0.4, 0.5) is 39.5 Å². The van der Waals surface area contributed by atoms with E-state index in [0.717, 1.165) is 10.6 Å². The molecule has 1 unspecified atom stereocenters. The first kappa shape index (κ1) is 52.8. The van der Waals surface area contributed by atoms with E-state index in [0.29, 0.717) is 37.3 Å². The lowest BCUT2D eigenvalue weighted by Crippen LogP contribution is -2.29. The number of rotatable bonds is 13. The number of hydrogen-bond donors (Lipinski definition) is 1. The second-order valence-corrected chi connectivity index (χ2v) is 13.5. The van der Waals surface area contributed by atoms with Crippen LogP contribution in [-0.2, 0) is 39.5 Å². The van der Waals surface area contributed by atoms with E-state index in [2.05, 4.69) is 10.1 Å². The highest BCUT2D eigenvalue weighted by Gasteiger charge is 2.38. The first-order chi connectivity index (χ1) is 26.4. The highest BCUT2D eigenvalue weighted by molar-refractivity contribution is 5.72. The van der Waals surface area contributed by atoms with Crippen LogP contribution in [0.3, 0.4) is 0 Å². The Morgan fingerprint density at radius 2 is 1.47 bits per heavy atom. The summed E-state index contributed by atoms with van der Waals surface area (Å²) in [5, 5.41) is 2.75. The summed E-state index contributed by atoms with van der Waals surface area (Å²) >= 11 is 0. The van der Waals surface area contributed by atoms with Crippen LogP contribution in [0.5, 0.6) is 0 Å². The molecule has 7 nitrogen and oxygen atoms in total. The summed E-state index contributed by atoms with van der Waals surface area (Å²) in [6.07, 6.45) is -7.91. The molecule has 0 fully saturated rings. The number of halogens is 9. The largest absolute Gasteiger partial charge is 0.466 e. The first-order valence-electron chi connectivity index (χ1n) is 18.5. The number of alkyl halides is 6. The van der Waals surface area contributed by atoms with Gasteiger partial charge in [-0.25, -0.2) is 13.2 Å². The van der Waals surface area contributed by atoms with Crippen molar-refractivity contribution in [3.63, 3.8) is 0 Å². The number of esters is 1. The van der Waals surface area contributed by atoms with Gasteiger partial charge in [-0.2, -0.15) is 26.3 Å². The number of benzene rings is 2. The summed E-state index contributed by atoms with van der Waals surface area (Å²) in [4.78, 5) is 36.8. The van der Waals surface area contributed by atoms with E-state index < -0.39 is 82.5 Å². The van der Waals surface area contributed by atoms with Gasteiger partial charge in [0.15, 0.2) is 0 Å². The maximum absolute atomic E-state index is 15.0. The van der Waals surface area contributed by atoms with Crippen LogP contribution in [0, 0.1) is 37.2 Å². The van der Waals surface area contributed by atoms with E-state index >= 15 is 0 Å². The van der Waals surface area contributed by atoms with E-state index in [1.807, 2.05) is 60.8 Å². The Hall–Kier alpha value is -4.18. The fourth-order valence-electron chi connectivity index (χ4n) is 5.63. The maximum atomic E-state index is 15.0. The third kappa shape index (κ3) is 16.7. The minimum atomic E-state index is -5.12. The maximum Gasteiger partial charge on any atom is 0.419 e. The molecule has 322 valence electrons. The topological polar surface area (TPSA) is 80.6 Å². The Labute approximate surface area is 329 Å². The molecule has 0 aliphatic heterocycles. The lowest BCUT2D eigenvalue weighted by Gasteiger charge is -2.20. The molecular formula is C41H56F9N3O4. The van der Waals surface area contributed by atoms with Gasteiger partial charge >= 0.3 is 18.3 Å². The molecule has 16 heteroatoms. The van der Waals surface area contributed by atoms with Crippen LogP contribution in [0.1, 0.15) is 93.3 Å². The van der Waals surface area contributed by atoms with Crippen molar-refractivity contribution in [2.75, 3.05) is 41.3 Å². The van der Waals surface area contributed by atoms with Crippen molar-refractivity contribution >= 4 is 12.3 Å². The molecule has 1 N–H and O–H groups in total. The molecule has 0 aliphatic carbocycles. The summed E-state index contributed by atoms with van der Waals surface area (Å²) in [6, 6.07) is 2.66. The molecule has 2 aromatic carbocycles. The number of nitrogens with zero attached hydrogens (tertiary/aromatic N) is 2. The third-order valence-corrected chi connectivity index (χ3v) is 7.93. The summed E-state index contributed by atoms with van der Waals surface area (Å²) < 4.78 is 129. The number of ether oxygens (including phenoxy) is 1. The summed E-state index contributed by atoms with van der Waals surface area (Å²) in [7, 11) is 7.44. The monoisotopic (exact) mass is 825 g/mol. The quantitative estimate of drug-likeness (QED) is 0.105. The van der Waals surface area contributed by atoms with Crippen molar-refractivity contribution in [3.8, 4) is 11.1 Å². The molecule has 0 bridgehead atoms. The second kappa shape index (κ2) is 24.6. The lowest BCUT2D eigenvalue weighted by molar-refractivity contribution is -0.143. The third-order valence-electron chi connectivity index (χ3n) is 7.93. The van der Waals surface area contributed by atoms with Crippen molar-refractivity contribution in [1.82, 2.24) is 14.8 Å². The number of pyridine rings is 1. The van der Waals surface area contributed by atoms with E-state index in [1.165, 1.54) is 26.1 Å². The molecule has 1 atom stereocenters. The normalized spacial score (nSPS) is 11.8. The second-order valence-electron chi connectivity index (χ2n) is 13.5. The molecule has 0 amide bonds. The Kier molecular flexibility index (Phi) is 22.8. The van der Waals surface area contributed by atoms with Crippen molar-refractivity contribution in [2.45, 2.75) is 99.0 Å². The van der Waals surface area contributed by atoms with E-state index in [1.54, 1.807) is 6.92 Å². The number of hydrogen-bond acceptors (Lipinski definition) is 6. The molecule has 3 aromatic rings. The predicted molar refractivity (Wildman–Crippen MR) is 205 cm³/mol. The van der Waals surface area contributed by atoms with Crippen molar-refractivity contribution < 1.29 is 53.8 Å². The van der Waals surface area contributed by atoms with Crippen LogP contribution in [0.15, 0.2) is 35.3 Å². The van der Waals surface area contributed by atoms with Gasteiger partial charge in [-0.1, -0.05) is 33.8 Å². The minimum Gasteiger partial charge on any atom is -0.466 e. The molecule has 0 aliphatic rings. The number of aromatic nitrogens is 1. The SMILES string of the molecule is CC.CC(C)CC(C=O)n1cc(CCCN(C)C)c(C(F)(F)F)cc1=O.CCOC(=O)CCc1c(F)c(-c2c(C)cc(C)cc2F)cc(C(F)(F)F)c1F.CNC. The number of carbonyl (C=O) groups is 2. The van der Waals surface area contributed by atoms with Gasteiger partial charge in [-0.3, -0.25) is 9.59 Å². The van der Waals surface area contributed by atoms with Gasteiger partial charge in [0.05, 0.1) is 23.8 Å². The first-order valence-corrected chi connectivity index (χ1v) is 18.5. The molecule has 3 rings (SSSR count). The van der Waals surface area contributed by atoms with Crippen molar-refractivity contribution in [3.05, 3.63) is 91.6 Å². The standard InChI is InChI=1S/C20H18F6O2.C17H25F3N2O2.C2H7N.C2H6/c1-4-28-16(27)6-5-12-18(22)13(9-14(19(12)23)20(24,25)26)17-11(3)7-10(2)8-15(17)21;1-12(2)8-14(11-23)22-10-13(6-5-7-21(3)4)15(9-16(22)24)17(18,19)20;1-3-2;1-2/h7-9H,4-6H2,1-3H3;9-12,14H,5-8H2,1-4H3;3H,1-2H3;1-2H3. The highest BCUT2D eigenvalue weighted by atomic mass is 19.4. The van der Waals surface area contributed by atoms with Crippen LogP contribution in [0.25, 0.3) is 11.1 Å². The Bertz CT molecular complexity index is 1760. The molecule has 1 heterocycles. The van der Waals surface area contributed by atoms with E-state index in [4.69, 9.17) is 0 Å². The highest BCUT2D eigenvalue weighted by Crippen LogP contribution is 2.40. The predicted octanol–water partition coefficient (Wildman–Crippen LogP) is 9.91. The Balaban J connectivity index is 0.000000998. The molecule has 1 aromatic heterocycles. The number of aryl methyl sites for hydroxylation is 3. The smallest absolute Gasteiger partial charge is 0.419 e. The van der Waals surface area contributed by atoms with Crippen LogP contribution >= 0.6 is 0 Å². The zero-order valence-corrected chi connectivity index (χ0v) is 34.5. The summed E-state index contributed by atoms with van der Waals surface area (Å²) in [6.45, 7) is 13.0. The fraction of sp³-hybridized carbons (Fsp3) is 0.537. The van der Waals surface area contributed by atoms with Crippen LogP contribution < -0.4 is 10.9 Å². The molecular weight excluding hydrogens is 769 g/mol. The van der Waals surface area contributed by atoms with Crippen molar-refractivity contribution in [1.29, 1.82) is 0 Å². The summed E-state index contributed by atoms with van der Waals surface area (Å²) in [5.41, 5.74) is -4.69. The van der Waals surface area contributed by atoms with Gasteiger partial charge in [0.1, 0.15) is 23.7 Å². The van der Waals surface area contributed by atoms with Gasteiger partial charge in [0, 0.05) is 35.4 Å². The van der Waals surface area contributed by atoms with E-state index in [9.17, 15) is 53.9 Å². The molecule has 0 spiro atoms. The average molecular weight is 826 g/mol. The van der Waals surface area contributed by atoms with Gasteiger partial charge in [-0.05, 0) is 116 Å². The Morgan fingerprint density at radius 3 is 1.93 bits per heavy atom. The average Bonchev–Trinajstić information content (AvgIpc) is 3.08. The Morgan fingerprint density at radius 1 is 0.912 bits per heavy atom. The van der Waals surface area contributed by atoms with Gasteiger partial charge in [-0.15, -0.1) is 0 Å². The zero-order chi connectivity index (χ0) is 44.4. The fourth-order valence-corrected chi connectivity index (χ4v) is 5.63. The van der Waals surface area contributed by atoms with Gasteiger partial charge < -0.3 is 24.3 Å². The lowest BCUT2D eigenvalue weighted by atomic mass is 9.92. The zero-order valence-electron chi connectivity index (χ0n) is 34.5. The van der Waals surface area contributed by atoms with Gasteiger partial charge in [0.2, 0.25) is 0 Å². The molecule has 0 radical (unpaired) electrons. The molecule has 0 saturated carbocycles. The number of aldehydes is 1. The number of nitrogens with one attached hydrogen (secondary N) is 1. The molecule has 0 saturated heterocycles. The minimum absolute atomic E-state index is 0.0193. The van der Waals surface area contributed by atoms with Crippen molar-refractivity contribution in [2.24, 2.45) is 5.92 Å². The number of carbonyl (C=O) groups excluding carboxylic acids is 2. The summed E-state index contributed by atoms with van der Waals surface area (Å²) in [5.74, 6) is -4.74. The van der Waals surface area contributed by atoms with Crippen LogP contribution in [-0.4, -0.2) is 63.1 Å². The van der Waals surface area contributed by atoms with Crippen LogP contribution in [0.2, 0.25) is 0 Å².